The monoisotopic (exact) mass is 497 g/mol. The van der Waals surface area contributed by atoms with Gasteiger partial charge in [-0.25, -0.2) is 4.98 Å². The third kappa shape index (κ3) is 5.29. The van der Waals surface area contributed by atoms with Gasteiger partial charge in [-0.3, -0.25) is 15.0 Å². The first-order valence-corrected chi connectivity index (χ1v) is 12.4. The lowest BCUT2D eigenvalue weighted by molar-refractivity contribution is 0.202. The molecule has 2 saturated heterocycles. The number of piperidine rings is 1. The van der Waals surface area contributed by atoms with Crippen molar-refractivity contribution in [3.05, 3.63) is 65.4 Å². The second-order valence-electron chi connectivity index (χ2n) is 9.49. The first-order valence-electron chi connectivity index (χ1n) is 12.4. The third-order valence-corrected chi connectivity index (χ3v) is 7.38. The summed E-state index contributed by atoms with van der Waals surface area (Å²) in [4.78, 5) is 16.9. The Morgan fingerprint density at radius 3 is 2.31 bits per heavy atom. The number of rotatable bonds is 6. The number of nitrogens with zero attached hydrogens (tertiary/aromatic N) is 6. The number of H-pyrrole nitrogens is 1. The Morgan fingerprint density at radius 2 is 1.69 bits per heavy atom. The van der Waals surface area contributed by atoms with Crippen molar-refractivity contribution in [2.75, 3.05) is 55.7 Å². The molecule has 8 nitrogen and oxygen atoms in total. The number of halogens is 1. The normalized spacial score (nSPS) is 18.4. The van der Waals surface area contributed by atoms with Gasteiger partial charge in [-0.2, -0.15) is 5.10 Å². The molecule has 1 unspecified atom stereocenters. The van der Waals surface area contributed by atoms with Crippen LogP contribution in [0.4, 0.5) is 11.5 Å². The lowest BCUT2D eigenvalue weighted by Gasteiger charge is -2.41. The van der Waals surface area contributed by atoms with E-state index in [-0.39, 0.29) is 25.1 Å². The van der Waals surface area contributed by atoms with Gasteiger partial charge in [0.1, 0.15) is 0 Å². The number of aryl methyl sites for hydroxylation is 2. The van der Waals surface area contributed by atoms with Crippen molar-refractivity contribution in [1.82, 2.24) is 25.1 Å². The maximum atomic E-state index is 9.50. The zero-order chi connectivity index (χ0) is 23.5. The molecule has 35 heavy (non-hydrogen) atoms. The fraction of sp³-hybridized carbons (Fsp3) is 0.500. The molecule has 0 aliphatic carbocycles. The van der Waals surface area contributed by atoms with Crippen molar-refractivity contribution in [1.29, 1.82) is 0 Å². The van der Waals surface area contributed by atoms with Crippen LogP contribution >= 0.6 is 12.4 Å². The third-order valence-electron chi connectivity index (χ3n) is 7.38. The SMILES string of the molecule is Cc1n[nH]c(C)c1C(c1ccccn1)N1CCN(c2cccnc2N2CCC(CO)CC2)CC1.Cl. The van der Waals surface area contributed by atoms with Gasteiger partial charge in [-0.1, -0.05) is 6.07 Å². The van der Waals surface area contributed by atoms with E-state index in [1.165, 1.54) is 11.3 Å². The molecular formula is C26H36ClN7O. The second-order valence-corrected chi connectivity index (χ2v) is 9.49. The van der Waals surface area contributed by atoms with E-state index in [0.717, 1.165) is 75.0 Å². The maximum Gasteiger partial charge on any atom is 0.152 e. The molecule has 3 aromatic rings. The first-order chi connectivity index (χ1) is 16.7. The van der Waals surface area contributed by atoms with Crippen LogP contribution in [0.25, 0.3) is 0 Å². The number of hydrogen-bond acceptors (Lipinski definition) is 7. The molecule has 1 atom stereocenters. The van der Waals surface area contributed by atoms with Gasteiger partial charge in [0.05, 0.1) is 23.1 Å². The molecule has 5 heterocycles. The number of aromatic nitrogens is 4. The smallest absolute Gasteiger partial charge is 0.152 e. The van der Waals surface area contributed by atoms with Crippen LogP contribution in [-0.4, -0.2) is 76.0 Å². The van der Waals surface area contributed by atoms with E-state index >= 15 is 0 Å². The summed E-state index contributed by atoms with van der Waals surface area (Å²) in [6.45, 7) is 10.1. The van der Waals surface area contributed by atoms with E-state index in [2.05, 4.69) is 56.9 Å². The molecule has 0 amide bonds. The van der Waals surface area contributed by atoms with Gasteiger partial charge in [0.25, 0.3) is 0 Å². The zero-order valence-corrected chi connectivity index (χ0v) is 21.4. The van der Waals surface area contributed by atoms with E-state index in [1.807, 2.05) is 24.5 Å². The predicted octanol–water partition coefficient (Wildman–Crippen LogP) is 3.36. The van der Waals surface area contributed by atoms with Gasteiger partial charge < -0.3 is 14.9 Å². The summed E-state index contributed by atoms with van der Waals surface area (Å²) in [6, 6.07) is 10.5. The molecule has 0 bridgehead atoms. The summed E-state index contributed by atoms with van der Waals surface area (Å²) in [5.41, 5.74) is 5.67. The average molecular weight is 498 g/mol. The summed E-state index contributed by atoms with van der Waals surface area (Å²) in [7, 11) is 0. The van der Waals surface area contributed by atoms with Gasteiger partial charge in [0.2, 0.25) is 0 Å². The van der Waals surface area contributed by atoms with Gasteiger partial charge in [0.15, 0.2) is 5.82 Å². The highest BCUT2D eigenvalue weighted by Gasteiger charge is 2.32. The standard InChI is InChI=1S/C26H35N7O.ClH/c1-19-24(20(2)30-29-19)25(22-6-3-4-10-27-22)32-16-14-31(15-17-32)23-7-5-11-28-26(23)33-12-8-21(18-34)9-13-33;/h3-7,10-11,21,25,34H,8-9,12-18H2,1-2H3,(H,29,30);1H. The number of piperazine rings is 1. The lowest BCUT2D eigenvalue weighted by Crippen LogP contribution is -2.49. The van der Waals surface area contributed by atoms with Crippen molar-refractivity contribution >= 4 is 23.9 Å². The summed E-state index contributed by atoms with van der Waals surface area (Å²) in [5, 5.41) is 17.1. The number of nitrogens with one attached hydrogen (secondary N) is 1. The van der Waals surface area contributed by atoms with E-state index in [0.29, 0.717) is 5.92 Å². The Labute approximate surface area is 213 Å². The van der Waals surface area contributed by atoms with E-state index < -0.39 is 0 Å². The highest BCUT2D eigenvalue weighted by Crippen LogP contribution is 2.35. The number of hydrogen-bond donors (Lipinski definition) is 2. The van der Waals surface area contributed by atoms with Gasteiger partial charge in [-0.05, 0) is 56.9 Å². The van der Waals surface area contributed by atoms with E-state index in [9.17, 15) is 5.11 Å². The summed E-state index contributed by atoms with van der Waals surface area (Å²) in [5.74, 6) is 1.50. The summed E-state index contributed by atoms with van der Waals surface area (Å²) < 4.78 is 0. The minimum atomic E-state index is 0. The molecule has 9 heteroatoms. The van der Waals surface area contributed by atoms with Crippen molar-refractivity contribution in [3.63, 3.8) is 0 Å². The average Bonchev–Trinajstić information content (AvgIpc) is 3.23. The minimum Gasteiger partial charge on any atom is -0.396 e. The Hall–Kier alpha value is -2.68. The number of pyridine rings is 2. The van der Waals surface area contributed by atoms with Crippen LogP contribution in [0.2, 0.25) is 0 Å². The Kier molecular flexibility index (Phi) is 8.26. The molecule has 2 aliphatic heterocycles. The highest BCUT2D eigenvalue weighted by molar-refractivity contribution is 5.85. The molecule has 0 aromatic carbocycles. The molecule has 188 valence electrons. The van der Waals surface area contributed by atoms with E-state index in [4.69, 9.17) is 9.97 Å². The van der Waals surface area contributed by atoms with Gasteiger partial charge in [-0.15, -0.1) is 12.4 Å². The van der Waals surface area contributed by atoms with Gasteiger partial charge >= 0.3 is 0 Å². The minimum absolute atomic E-state index is 0. The molecule has 0 saturated carbocycles. The fourth-order valence-electron chi connectivity index (χ4n) is 5.45. The zero-order valence-electron chi connectivity index (χ0n) is 20.6. The molecule has 0 spiro atoms. The van der Waals surface area contributed by atoms with Gasteiger partial charge in [0, 0.05) is 69.5 Å². The maximum absolute atomic E-state index is 9.50. The Morgan fingerprint density at radius 1 is 0.943 bits per heavy atom. The molecule has 2 N–H and O–H groups in total. The Bertz CT molecular complexity index is 1060. The largest absolute Gasteiger partial charge is 0.396 e. The van der Waals surface area contributed by atoms with Crippen LogP contribution in [0.15, 0.2) is 42.7 Å². The molecule has 3 aromatic heterocycles. The van der Waals surface area contributed by atoms with Crippen molar-refractivity contribution in [3.8, 4) is 0 Å². The molecule has 2 fully saturated rings. The first kappa shape index (κ1) is 25.4. The van der Waals surface area contributed by atoms with Crippen molar-refractivity contribution in [2.45, 2.75) is 32.7 Å². The quantitative estimate of drug-likeness (QED) is 0.540. The molecule has 2 aliphatic rings. The fourth-order valence-corrected chi connectivity index (χ4v) is 5.45. The van der Waals surface area contributed by atoms with Crippen molar-refractivity contribution in [2.24, 2.45) is 5.92 Å². The highest BCUT2D eigenvalue weighted by atomic mass is 35.5. The topological polar surface area (TPSA) is 84.4 Å². The van der Waals surface area contributed by atoms with Crippen LogP contribution in [0, 0.1) is 19.8 Å². The summed E-state index contributed by atoms with van der Waals surface area (Å²) in [6.07, 6.45) is 5.82. The van der Waals surface area contributed by atoms with Crippen LogP contribution in [-0.2, 0) is 0 Å². The number of aromatic amines is 1. The number of aliphatic hydroxyl groups is 1. The van der Waals surface area contributed by atoms with Crippen LogP contribution in [0.1, 0.15) is 41.5 Å². The van der Waals surface area contributed by atoms with Crippen LogP contribution < -0.4 is 9.80 Å². The van der Waals surface area contributed by atoms with Crippen molar-refractivity contribution < 1.29 is 5.11 Å². The molecule has 0 radical (unpaired) electrons. The van der Waals surface area contributed by atoms with E-state index in [1.54, 1.807) is 0 Å². The van der Waals surface area contributed by atoms with Crippen LogP contribution in [0.5, 0.6) is 0 Å². The number of anilines is 2. The number of aliphatic hydroxyl groups excluding tert-OH is 1. The lowest BCUT2D eigenvalue weighted by atomic mass is 9.97. The van der Waals surface area contributed by atoms with Crippen LogP contribution in [0.3, 0.4) is 0 Å². The molecule has 5 rings (SSSR count). The molecular weight excluding hydrogens is 462 g/mol. The summed E-state index contributed by atoms with van der Waals surface area (Å²) >= 11 is 0. The predicted molar refractivity (Wildman–Crippen MR) is 141 cm³/mol. The second kappa shape index (κ2) is 11.4. The Balaban J connectivity index is 0.00000289.